The molecular weight excluding hydrogens is 530 g/mol. The van der Waals surface area contributed by atoms with Crippen molar-refractivity contribution in [2.24, 2.45) is 0 Å². The first kappa shape index (κ1) is 26.4. The summed E-state index contributed by atoms with van der Waals surface area (Å²) in [6.07, 6.45) is 6.67. The van der Waals surface area contributed by atoms with Gasteiger partial charge in [-0.1, -0.05) is 17.4 Å². The van der Waals surface area contributed by atoms with Gasteiger partial charge in [-0.2, -0.15) is 9.97 Å². The summed E-state index contributed by atoms with van der Waals surface area (Å²) in [6.45, 7) is 8.51. The minimum Gasteiger partial charge on any atom is -0.477 e. The van der Waals surface area contributed by atoms with Crippen molar-refractivity contribution in [3.8, 4) is 0 Å². The second kappa shape index (κ2) is 11.3. The zero-order valence-corrected chi connectivity index (χ0v) is 23.4. The normalized spacial score (nSPS) is 17.4. The van der Waals surface area contributed by atoms with Crippen molar-refractivity contribution >= 4 is 45.9 Å². The molecule has 3 aliphatic heterocycles. The lowest BCUT2D eigenvalue weighted by Gasteiger charge is -2.36. The third kappa shape index (κ3) is 5.56. The molecular formula is C27H33N9O3S. The van der Waals surface area contributed by atoms with Crippen LogP contribution in [0.2, 0.25) is 0 Å². The molecule has 0 saturated carbocycles. The minimum absolute atomic E-state index is 0.196. The number of pyridine rings is 1. The number of aryl methyl sites for hydroxylation is 1. The van der Waals surface area contributed by atoms with Gasteiger partial charge in [0, 0.05) is 70.3 Å². The zero-order valence-electron chi connectivity index (χ0n) is 22.5. The van der Waals surface area contributed by atoms with Crippen LogP contribution >= 0.6 is 11.3 Å². The van der Waals surface area contributed by atoms with Crippen LogP contribution in [-0.4, -0.2) is 99.1 Å². The molecule has 0 radical (unpaired) electrons. The number of carboxylic acid groups (broad SMARTS) is 1. The van der Waals surface area contributed by atoms with Crippen molar-refractivity contribution in [2.75, 3.05) is 67.5 Å². The maximum absolute atomic E-state index is 12.7. The van der Waals surface area contributed by atoms with E-state index in [0.717, 1.165) is 99.2 Å². The summed E-state index contributed by atoms with van der Waals surface area (Å²) >= 11 is 1.08. The lowest BCUT2D eigenvalue weighted by molar-refractivity contribution is -0.131. The van der Waals surface area contributed by atoms with Crippen molar-refractivity contribution in [3.05, 3.63) is 46.2 Å². The van der Waals surface area contributed by atoms with Gasteiger partial charge in [-0.25, -0.2) is 9.78 Å². The summed E-state index contributed by atoms with van der Waals surface area (Å²) < 4.78 is 0. The Morgan fingerprint density at radius 3 is 2.50 bits per heavy atom. The molecule has 6 heterocycles. The lowest BCUT2D eigenvalue weighted by atomic mass is 10.2. The number of amides is 1. The number of carbonyl (C=O) groups excluding carboxylic acids is 1. The first-order valence-corrected chi connectivity index (χ1v) is 14.5. The molecule has 2 fully saturated rings. The number of hydrogen-bond acceptors (Lipinski definition) is 11. The number of piperazine rings is 1. The van der Waals surface area contributed by atoms with Crippen LogP contribution in [0.3, 0.4) is 0 Å². The summed E-state index contributed by atoms with van der Waals surface area (Å²) in [7, 11) is 0. The van der Waals surface area contributed by atoms with E-state index >= 15 is 0 Å². The van der Waals surface area contributed by atoms with E-state index in [4.69, 9.17) is 9.97 Å². The Balaban J connectivity index is 1.24. The van der Waals surface area contributed by atoms with Gasteiger partial charge in [-0.15, -0.1) is 0 Å². The third-order valence-electron chi connectivity index (χ3n) is 7.69. The van der Waals surface area contributed by atoms with Crippen LogP contribution in [0, 0.1) is 6.92 Å². The second-order valence-electron chi connectivity index (χ2n) is 10.4. The van der Waals surface area contributed by atoms with Crippen LogP contribution in [0.4, 0.5) is 22.7 Å². The molecule has 6 rings (SSSR count). The Morgan fingerprint density at radius 2 is 1.80 bits per heavy atom. The maximum atomic E-state index is 12.7. The van der Waals surface area contributed by atoms with Gasteiger partial charge in [0.2, 0.25) is 11.9 Å². The topological polar surface area (TPSA) is 131 Å². The van der Waals surface area contributed by atoms with Gasteiger partial charge in [0.25, 0.3) is 0 Å². The van der Waals surface area contributed by atoms with E-state index in [1.165, 1.54) is 0 Å². The fourth-order valence-corrected chi connectivity index (χ4v) is 6.40. The number of thiazole rings is 1. The number of carboxylic acids is 1. The van der Waals surface area contributed by atoms with Gasteiger partial charge in [0.1, 0.15) is 16.5 Å². The van der Waals surface area contributed by atoms with E-state index in [1.807, 2.05) is 17.2 Å². The number of hydrogen-bond donors (Lipinski definition) is 2. The number of likely N-dealkylation sites (tertiary alicyclic amines) is 1. The van der Waals surface area contributed by atoms with Crippen LogP contribution < -0.4 is 15.1 Å². The standard InChI is InChI=1S/C27H33N9O3S/c1-18-22(25(38)39)40-27(29-18)32-26-30-23(20-6-10-36(24(20)31-26)16-19-5-4-7-28-15-19)35-13-11-33(12-14-35)17-21(37)34-8-2-3-9-34/h4-5,7,15H,2-3,6,8-14,16-17H2,1H3,(H,38,39)(H,29,30,31,32). The van der Waals surface area contributed by atoms with Crippen molar-refractivity contribution < 1.29 is 14.7 Å². The van der Waals surface area contributed by atoms with Crippen LogP contribution in [0.5, 0.6) is 0 Å². The van der Waals surface area contributed by atoms with Gasteiger partial charge >= 0.3 is 5.97 Å². The van der Waals surface area contributed by atoms with E-state index in [9.17, 15) is 14.7 Å². The van der Waals surface area contributed by atoms with Gasteiger partial charge in [-0.05, 0) is 37.8 Å². The molecule has 0 bridgehead atoms. The molecule has 210 valence electrons. The molecule has 13 heteroatoms. The van der Waals surface area contributed by atoms with Gasteiger partial charge in [0.05, 0.1) is 12.2 Å². The number of rotatable bonds is 8. The molecule has 0 aromatic carbocycles. The Hall–Kier alpha value is -3.84. The number of anilines is 4. The number of aromatic carboxylic acids is 1. The van der Waals surface area contributed by atoms with Crippen LogP contribution in [-0.2, 0) is 17.8 Å². The molecule has 2 N–H and O–H groups in total. The van der Waals surface area contributed by atoms with Crippen molar-refractivity contribution in [1.29, 1.82) is 0 Å². The van der Waals surface area contributed by atoms with Gasteiger partial charge in [-0.3, -0.25) is 20.0 Å². The number of nitrogens with zero attached hydrogens (tertiary/aromatic N) is 8. The van der Waals surface area contributed by atoms with Gasteiger partial charge in [0.15, 0.2) is 5.13 Å². The number of aromatic nitrogens is 4. The van der Waals surface area contributed by atoms with Crippen LogP contribution in [0.15, 0.2) is 24.5 Å². The summed E-state index contributed by atoms with van der Waals surface area (Å²) in [6, 6.07) is 3.99. The third-order valence-corrected chi connectivity index (χ3v) is 8.75. The highest BCUT2D eigenvalue weighted by Crippen LogP contribution is 2.36. The van der Waals surface area contributed by atoms with E-state index in [-0.39, 0.29) is 10.8 Å². The SMILES string of the molecule is Cc1nc(Nc2nc(N3CCN(CC(=O)N4CCCC4)CC3)c3c(n2)N(Cc2cccnc2)CC3)sc1C(=O)O. The number of fused-ring (bicyclic) bond motifs is 1. The molecule has 0 spiro atoms. The quantitative estimate of drug-likeness (QED) is 0.419. The fraction of sp³-hybridized carbons (Fsp3) is 0.481. The fourth-order valence-electron chi connectivity index (χ4n) is 5.60. The first-order valence-electron chi connectivity index (χ1n) is 13.7. The van der Waals surface area contributed by atoms with Crippen LogP contribution in [0.25, 0.3) is 0 Å². The van der Waals surface area contributed by atoms with Gasteiger partial charge < -0.3 is 19.8 Å². The van der Waals surface area contributed by atoms with E-state index in [0.29, 0.717) is 29.9 Å². The van der Waals surface area contributed by atoms with E-state index in [2.05, 4.69) is 36.1 Å². The Bertz CT molecular complexity index is 1390. The predicted molar refractivity (Wildman–Crippen MR) is 153 cm³/mol. The first-order chi connectivity index (χ1) is 19.4. The van der Waals surface area contributed by atoms with E-state index < -0.39 is 5.97 Å². The van der Waals surface area contributed by atoms with Crippen molar-refractivity contribution in [1.82, 2.24) is 29.7 Å². The highest BCUT2D eigenvalue weighted by atomic mass is 32.1. The second-order valence-corrected chi connectivity index (χ2v) is 11.4. The average Bonchev–Trinajstić information content (AvgIpc) is 3.71. The summed E-state index contributed by atoms with van der Waals surface area (Å²) in [5.74, 6) is 1.38. The Labute approximate surface area is 236 Å². The highest BCUT2D eigenvalue weighted by molar-refractivity contribution is 7.17. The smallest absolute Gasteiger partial charge is 0.347 e. The Morgan fingerprint density at radius 1 is 1.02 bits per heavy atom. The number of nitrogens with one attached hydrogen (secondary N) is 1. The monoisotopic (exact) mass is 563 g/mol. The van der Waals surface area contributed by atoms with Crippen molar-refractivity contribution in [3.63, 3.8) is 0 Å². The summed E-state index contributed by atoms with van der Waals surface area (Å²) in [5, 5.41) is 13.1. The highest BCUT2D eigenvalue weighted by Gasteiger charge is 2.31. The van der Waals surface area contributed by atoms with Crippen molar-refractivity contribution in [2.45, 2.75) is 32.7 Å². The zero-order chi connectivity index (χ0) is 27.6. The Kier molecular flexibility index (Phi) is 7.48. The molecule has 0 atom stereocenters. The predicted octanol–water partition coefficient (Wildman–Crippen LogP) is 2.39. The summed E-state index contributed by atoms with van der Waals surface area (Å²) in [5.41, 5.74) is 2.67. The molecule has 3 aromatic rings. The number of carbonyl (C=O) groups is 2. The lowest BCUT2D eigenvalue weighted by Crippen LogP contribution is -2.50. The molecule has 0 aliphatic carbocycles. The molecule has 1 amide bonds. The largest absolute Gasteiger partial charge is 0.477 e. The van der Waals surface area contributed by atoms with Crippen LogP contribution in [0.1, 0.15) is 39.3 Å². The molecule has 2 saturated heterocycles. The molecule has 40 heavy (non-hydrogen) atoms. The average molecular weight is 564 g/mol. The minimum atomic E-state index is -0.998. The molecule has 12 nitrogen and oxygen atoms in total. The molecule has 0 unspecified atom stereocenters. The van der Waals surface area contributed by atoms with E-state index in [1.54, 1.807) is 13.1 Å². The maximum Gasteiger partial charge on any atom is 0.347 e. The summed E-state index contributed by atoms with van der Waals surface area (Å²) in [4.78, 5) is 51.6. The molecule has 3 aromatic heterocycles. The molecule has 3 aliphatic rings.